The minimum absolute atomic E-state index is 0.639. The summed E-state index contributed by atoms with van der Waals surface area (Å²) in [4.78, 5) is 0. The maximum absolute atomic E-state index is 5.96. The van der Waals surface area contributed by atoms with E-state index in [2.05, 4.69) is 39.4 Å². The van der Waals surface area contributed by atoms with E-state index in [9.17, 15) is 0 Å². The standard InChI is InChI=1S/C15H15BrClNO/c1-19-10-12-4-2-3-11(7-12)9-18-13-5-6-15(17)14(16)8-13/h2-8,18H,9-10H2,1H3. The molecule has 0 aliphatic rings. The van der Waals surface area contributed by atoms with Crippen LogP contribution in [0.15, 0.2) is 46.9 Å². The van der Waals surface area contributed by atoms with Crippen LogP contribution in [0.5, 0.6) is 0 Å². The van der Waals surface area contributed by atoms with Crippen LogP contribution in [0.1, 0.15) is 11.1 Å². The van der Waals surface area contributed by atoms with Gasteiger partial charge in [-0.25, -0.2) is 0 Å². The Bertz CT molecular complexity index is 560. The third kappa shape index (κ3) is 4.23. The Hall–Kier alpha value is -1.03. The van der Waals surface area contributed by atoms with Crippen molar-refractivity contribution in [1.82, 2.24) is 0 Å². The summed E-state index contributed by atoms with van der Waals surface area (Å²) in [6.45, 7) is 1.41. The van der Waals surface area contributed by atoms with Crippen LogP contribution in [0, 0.1) is 0 Å². The third-order valence-electron chi connectivity index (χ3n) is 2.72. The van der Waals surface area contributed by atoms with Gasteiger partial charge < -0.3 is 10.1 Å². The van der Waals surface area contributed by atoms with E-state index >= 15 is 0 Å². The molecule has 2 rings (SSSR count). The molecule has 2 aromatic rings. The SMILES string of the molecule is COCc1cccc(CNc2ccc(Cl)c(Br)c2)c1. The zero-order valence-corrected chi connectivity index (χ0v) is 13.0. The highest BCUT2D eigenvalue weighted by molar-refractivity contribution is 9.10. The summed E-state index contributed by atoms with van der Waals surface area (Å²) in [6, 6.07) is 14.1. The van der Waals surface area contributed by atoms with Gasteiger partial charge in [-0.15, -0.1) is 0 Å². The molecule has 0 heterocycles. The molecule has 0 fully saturated rings. The van der Waals surface area contributed by atoms with Crippen molar-refractivity contribution in [1.29, 1.82) is 0 Å². The molecule has 0 bridgehead atoms. The average molecular weight is 341 g/mol. The number of methoxy groups -OCH3 is 1. The molecule has 0 aromatic heterocycles. The fourth-order valence-corrected chi connectivity index (χ4v) is 2.30. The highest BCUT2D eigenvalue weighted by Gasteiger charge is 2.00. The molecule has 2 nitrogen and oxygen atoms in total. The molecule has 100 valence electrons. The smallest absolute Gasteiger partial charge is 0.0713 e. The van der Waals surface area contributed by atoms with Crippen molar-refractivity contribution < 1.29 is 4.74 Å². The Morgan fingerprint density at radius 2 is 1.95 bits per heavy atom. The lowest BCUT2D eigenvalue weighted by Crippen LogP contribution is -2.00. The van der Waals surface area contributed by atoms with Crippen molar-refractivity contribution in [3.05, 3.63) is 63.1 Å². The molecule has 0 spiro atoms. The van der Waals surface area contributed by atoms with Crippen molar-refractivity contribution in [2.45, 2.75) is 13.2 Å². The van der Waals surface area contributed by atoms with E-state index in [0.29, 0.717) is 11.6 Å². The van der Waals surface area contributed by atoms with Crippen molar-refractivity contribution >= 4 is 33.2 Å². The van der Waals surface area contributed by atoms with Crippen LogP contribution in [0.4, 0.5) is 5.69 Å². The van der Waals surface area contributed by atoms with Crippen LogP contribution in [0.25, 0.3) is 0 Å². The number of anilines is 1. The van der Waals surface area contributed by atoms with Crippen LogP contribution >= 0.6 is 27.5 Å². The summed E-state index contributed by atoms with van der Waals surface area (Å²) in [5.74, 6) is 0. The first-order valence-corrected chi connectivity index (χ1v) is 7.12. The number of benzene rings is 2. The van der Waals surface area contributed by atoms with E-state index in [-0.39, 0.29) is 0 Å². The van der Waals surface area contributed by atoms with Gasteiger partial charge in [0.1, 0.15) is 0 Å². The van der Waals surface area contributed by atoms with Gasteiger partial charge >= 0.3 is 0 Å². The predicted octanol–water partition coefficient (Wildman–Crippen LogP) is 4.86. The van der Waals surface area contributed by atoms with Crippen LogP contribution in [-0.2, 0) is 17.9 Å². The van der Waals surface area contributed by atoms with E-state index in [1.54, 1.807) is 7.11 Å². The molecule has 0 radical (unpaired) electrons. The van der Waals surface area contributed by atoms with E-state index in [4.69, 9.17) is 16.3 Å². The number of halogens is 2. The average Bonchev–Trinajstić information content (AvgIpc) is 2.41. The largest absolute Gasteiger partial charge is 0.381 e. The van der Waals surface area contributed by atoms with Crippen molar-refractivity contribution in [3.8, 4) is 0 Å². The fraction of sp³-hybridized carbons (Fsp3) is 0.200. The number of hydrogen-bond donors (Lipinski definition) is 1. The Morgan fingerprint density at radius 1 is 1.16 bits per heavy atom. The van der Waals surface area contributed by atoms with E-state index in [0.717, 1.165) is 16.7 Å². The fourth-order valence-electron chi connectivity index (χ4n) is 1.81. The van der Waals surface area contributed by atoms with Gasteiger partial charge in [0.15, 0.2) is 0 Å². The van der Waals surface area contributed by atoms with Crippen molar-refractivity contribution in [2.24, 2.45) is 0 Å². The summed E-state index contributed by atoms with van der Waals surface area (Å²) in [7, 11) is 1.70. The predicted molar refractivity (Wildman–Crippen MR) is 83.6 cm³/mol. The molecule has 2 aromatic carbocycles. The molecule has 4 heteroatoms. The van der Waals surface area contributed by atoms with E-state index in [1.807, 2.05) is 24.3 Å². The van der Waals surface area contributed by atoms with Crippen LogP contribution in [-0.4, -0.2) is 7.11 Å². The van der Waals surface area contributed by atoms with Gasteiger partial charge in [-0.05, 0) is 45.3 Å². The first kappa shape index (κ1) is 14.4. The zero-order chi connectivity index (χ0) is 13.7. The second-order valence-electron chi connectivity index (χ2n) is 4.24. The number of ether oxygens (including phenoxy) is 1. The normalized spacial score (nSPS) is 10.5. The van der Waals surface area contributed by atoms with Crippen molar-refractivity contribution in [3.63, 3.8) is 0 Å². The lowest BCUT2D eigenvalue weighted by molar-refractivity contribution is 0.185. The minimum Gasteiger partial charge on any atom is -0.381 e. The summed E-state index contributed by atoms with van der Waals surface area (Å²) in [6.07, 6.45) is 0. The van der Waals surface area contributed by atoms with Gasteiger partial charge in [0.05, 0.1) is 11.6 Å². The van der Waals surface area contributed by atoms with Crippen LogP contribution in [0.2, 0.25) is 5.02 Å². The molecule has 1 N–H and O–H groups in total. The molecule has 0 aliphatic heterocycles. The Kier molecular flexibility index (Phi) is 5.25. The van der Waals surface area contributed by atoms with Crippen LogP contribution < -0.4 is 5.32 Å². The third-order valence-corrected chi connectivity index (χ3v) is 3.93. The highest BCUT2D eigenvalue weighted by Crippen LogP contribution is 2.25. The lowest BCUT2D eigenvalue weighted by atomic mass is 10.1. The van der Waals surface area contributed by atoms with E-state index in [1.165, 1.54) is 11.1 Å². The minimum atomic E-state index is 0.639. The van der Waals surface area contributed by atoms with Gasteiger partial charge in [0, 0.05) is 23.8 Å². The summed E-state index contributed by atoms with van der Waals surface area (Å²) in [5, 5.41) is 4.08. The molecule has 0 unspecified atom stereocenters. The number of nitrogens with one attached hydrogen (secondary N) is 1. The molecular formula is C15H15BrClNO. The zero-order valence-electron chi connectivity index (χ0n) is 10.6. The molecule has 0 saturated carbocycles. The van der Waals surface area contributed by atoms with Gasteiger partial charge in [-0.3, -0.25) is 0 Å². The first-order chi connectivity index (χ1) is 9.19. The molecule has 19 heavy (non-hydrogen) atoms. The van der Waals surface area contributed by atoms with Gasteiger partial charge in [0.25, 0.3) is 0 Å². The first-order valence-electron chi connectivity index (χ1n) is 5.94. The Balaban J connectivity index is 2.01. The summed E-state index contributed by atoms with van der Waals surface area (Å²) < 4.78 is 6.03. The maximum Gasteiger partial charge on any atom is 0.0713 e. The van der Waals surface area contributed by atoms with Gasteiger partial charge in [-0.2, -0.15) is 0 Å². The number of rotatable bonds is 5. The number of hydrogen-bond acceptors (Lipinski definition) is 2. The monoisotopic (exact) mass is 339 g/mol. The Morgan fingerprint density at radius 3 is 2.68 bits per heavy atom. The Labute approximate surface area is 126 Å². The maximum atomic E-state index is 5.96. The molecular weight excluding hydrogens is 326 g/mol. The van der Waals surface area contributed by atoms with Crippen LogP contribution in [0.3, 0.4) is 0 Å². The molecule has 0 amide bonds. The second-order valence-corrected chi connectivity index (χ2v) is 5.50. The molecule has 0 aliphatic carbocycles. The molecule has 0 atom stereocenters. The lowest BCUT2D eigenvalue weighted by Gasteiger charge is -2.09. The topological polar surface area (TPSA) is 21.3 Å². The van der Waals surface area contributed by atoms with Gasteiger partial charge in [-0.1, -0.05) is 35.9 Å². The van der Waals surface area contributed by atoms with Crippen molar-refractivity contribution in [2.75, 3.05) is 12.4 Å². The second kappa shape index (κ2) is 6.94. The summed E-state index contributed by atoms with van der Waals surface area (Å²) in [5.41, 5.74) is 3.44. The quantitative estimate of drug-likeness (QED) is 0.839. The van der Waals surface area contributed by atoms with E-state index < -0.39 is 0 Å². The van der Waals surface area contributed by atoms with Gasteiger partial charge in [0.2, 0.25) is 0 Å². The summed E-state index contributed by atoms with van der Waals surface area (Å²) >= 11 is 9.38. The molecule has 0 saturated heterocycles. The highest BCUT2D eigenvalue weighted by atomic mass is 79.9.